The van der Waals surface area contributed by atoms with Crippen LogP contribution in [0.25, 0.3) is 10.1 Å². The van der Waals surface area contributed by atoms with E-state index in [4.69, 9.17) is 4.74 Å². The standard InChI is InChI=1S/C18H19NO4S/c1-10(2)9-22-18(21)23-17(20)12-5-6-13-14(7-12)24-15(8-19)16(13)11(3)4/h5-7,10-11H,9H2,1-4H3. The molecule has 0 aliphatic heterocycles. The number of ether oxygens (including phenoxy) is 2. The van der Waals surface area contributed by atoms with Gasteiger partial charge in [-0.05, 0) is 34.9 Å². The van der Waals surface area contributed by atoms with Gasteiger partial charge in [0.05, 0.1) is 12.2 Å². The minimum Gasteiger partial charge on any atom is -0.434 e. The van der Waals surface area contributed by atoms with Gasteiger partial charge in [0.15, 0.2) is 0 Å². The second-order valence-electron chi connectivity index (χ2n) is 6.17. The topological polar surface area (TPSA) is 76.4 Å². The number of hydrogen-bond acceptors (Lipinski definition) is 6. The van der Waals surface area contributed by atoms with Gasteiger partial charge < -0.3 is 9.47 Å². The molecule has 24 heavy (non-hydrogen) atoms. The van der Waals surface area contributed by atoms with Gasteiger partial charge in [0, 0.05) is 4.70 Å². The summed E-state index contributed by atoms with van der Waals surface area (Å²) in [6.45, 7) is 8.02. The molecule has 0 saturated carbocycles. The highest BCUT2D eigenvalue weighted by atomic mass is 32.1. The molecule has 0 N–H and O–H groups in total. The van der Waals surface area contributed by atoms with E-state index in [1.54, 1.807) is 18.2 Å². The lowest BCUT2D eigenvalue weighted by molar-refractivity contribution is 0.0351. The summed E-state index contributed by atoms with van der Waals surface area (Å²) in [6, 6.07) is 7.23. The fourth-order valence-electron chi connectivity index (χ4n) is 2.30. The van der Waals surface area contributed by atoms with E-state index < -0.39 is 12.1 Å². The first kappa shape index (κ1) is 18.0. The van der Waals surface area contributed by atoms with Gasteiger partial charge in [0.1, 0.15) is 10.9 Å². The third-order valence-electron chi connectivity index (χ3n) is 3.35. The normalized spacial score (nSPS) is 10.9. The molecule has 0 saturated heterocycles. The van der Waals surface area contributed by atoms with E-state index in [1.807, 2.05) is 27.7 Å². The lowest BCUT2D eigenvalue weighted by Gasteiger charge is -2.07. The Hall–Kier alpha value is -2.39. The summed E-state index contributed by atoms with van der Waals surface area (Å²) in [4.78, 5) is 24.2. The molecule has 0 aliphatic carbocycles. The maximum absolute atomic E-state index is 12.1. The molecule has 2 aromatic rings. The molecule has 0 spiro atoms. The van der Waals surface area contributed by atoms with Crippen molar-refractivity contribution in [3.05, 3.63) is 34.2 Å². The Kier molecular flexibility index (Phi) is 5.58. The molecule has 0 bridgehead atoms. The smallest absolute Gasteiger partial charge is 0.434 e. The number of nitriles is 1. The average molecular weight is 345 g/mol. The van der Waals surface area contributed by atoms with Crippen molar-refractivity contribution in [2.45, 2.75) is 33.6 Å². The third kappa shape index (κ3) is 3.92. The fourth-order valence-corrected chi connectivity index (χ4v) is 3.49. The molecule has 0 unspecified atom stereocenters. The lowest BCUT2D eigenvalue weighted by Crippen LogP contribution is -2.16. The van der Waals surface area contributed by atoms with Crippen LogP contribution in [0.3, 0.4) is 0 Å². The van der Waals surface area contributed by atoms with Crippen LogP contribution in [0.5, 0.6) is 0 Å². The summed E-state index contributed by atoms with van der Waals surface area (Å²) in [5.41, 5.74) is 1.24. The number of carbonyl (C=O) groups excluding carboxylic acids is 2. The zero-order chi connectivity index (χ0) is 17.9. The Labute approximate surface area is 144 Å². The van der Waals surface area contributed by atoms with Gasteiger partial charge in [-0.1, -0.05) is 33.8 Å². The summed E-state index contributed by atoms with van der Waals surface area (Å²) in [5, 5.41) is 10.2. The van der Waals surface area contributed by atoms with Gasteiger partial charge in [-0.15, -0.1) is 11.3 Å². The zero-order valence-corrected chi connectivity index (χ0v) is 14.9. The maximum atomic E-state index is 12.1. The van der Waals surface area contributed by atoms with Gasteiger partial charge >= 0.3 is 12.1 Å². The quantitative estimate of drug-likeness (QED) is 0.585. The number of rotatable bonds is 4. The molecule has 2 rings (SSSR count). The Balaban J connectivity index is 2.23. The maximum Gasteiger partial charge on any atom is 0.516 e. The van der Waals surface area contributed by atoms with Crippen molar-refractivity contribution in [3.8, 4) is 6.07 Å². The van der Waals surface area contributed by atoms with Crippen molar-refractivity contribution < 1.29 is 19.1 Å². The molecule has 0 atom stereocenters. The van der Waals surface area contributed by atoms with E-state index in [0.717, 1.165) is 15.6 Å². The Morgan fingerprint density at radius 1 is 1.25 bits per heavy atom. The van der Waals surface area contributed by atoms with Gasteiger partial charge in [-0.3, -0.25) is 0 Å². The second kappa shape index (κ2) is 7.45. The van der Waals surface area contributed by atoms with Crippen LogP contribution in [0, 0.1) is 17.2 Å². The number of fused-ring (bicyclic) bond motifs is 1. The van der Waals surface area contributed by atoms with Crippen LogP contribution in [0.15, 0.2) is 18.2 Å². The predicted molar refractivity (Wildman–Crippen MR) is 92.2 cm³/mol. The first-order valence-corrected chi connectivity index (χ1v) is 8.50. The molecule has 0 amide bonds. The SMILES string of the molecule is CC(C)COC(=O)OC(=O)c1ccc2c(C(C)C)c(C#N)sc2c1. The Bertz CT molecular complexity index is 814. The molecule has 0 fully saturated rings. The molecular formula is C18H19NO4S. The molecule has 126 valence electrons. The van der Waals surface area contributed by atoms with E-state index in [-0.39, 0.29) is 24.0 Å². The number of esters is 1. The van der Waals surface area contributed by atoms with E-state index in [9.17, 15) is 14.9 Å². The molecule has 0 aliphatic rings. The zero-order valence-electron chi connectivity index (χ0n) is 14.1. The second-order valence-corrected chi connectivity index (χ2v) is 7.22. The molecule has 0 radical (unpaired) electrons. The van der Waals surface area contributed by atoms with Crippen molar-refractivity contribution in [3.63, 3.8) is 0 Å². The summed E-state index contributed by atoms with van der Waals surface area (Å²) >= 11 is 1.33. The van der Waals surface area contributed by atoms with Crippen molar-refractivity contribution in [1.29, 1.82) is 5.26 Å². The van der Waals surface area contributed by atoms with Crippen LogP contribution >= 0.6 is 11.3 Å². The fraction of sp³-hybridized carbons (Fsp3) is 0.389. The van der Waals surface area contributed by atoms with E-state index in [1.165, 1.54) is 11.3 Å². The minimum absolute atomic E-state index is 0.161. The van der Waals surface area contributed by atoms with Crippen molar-refractivity contribution in [2.75, 3.05) is 6.61 Å². The summed E-state index contributed by atoms with van der Waals surface area (Å²) in [6.07, 6.45) is -0.999. The molecule has 1 aromatic heterocycles. The van der Waals surface area contributed by atoms with Crippen molar-refractivity contribution in [2.24, 2.45) is 5.92 Å². The summed E-state index contributed by atoms with van der Waals surface area (Å²) < 4.78 is 10.3. The van der Waals surface area contributed by atoms with E-state index in [2.05, 4.69) is 10.8 Å². The highest BCUT2D eigenvalue weighted by molar-refractivity contribution is 7.19. The number of carbonyl (C=O) groups is 2. The van der Waals surface area contributed by atoms with Crippen molar-refractivity contribution in [1.82, 2.24) is 0 Å². The number of hydrogen-bond donors (Lipinski definition) is 0. The number of nitrogens with zero attached hydrogens (tertiary/aromatic N) is 1. The monoisotopic (exact) mass is 345 g/mol. The highest BCUT2D eigenvalue weighted by Gasteiger charge is 2.19. The predicted octanol–water partition coefficient (Wildman–Crippen LogP) is 4.85. The lowest BCUT2D eigenvalue weighted by atomic mass is 9.99. The van der Waals surface area contributed by atoms with Crippen LogP contribution in [-0.2, 0) is 9.47 Å². The van der Waals surface area contributed by atoms with Crippen LogP contribution in [0.2, 0.25) is 0 Å². The van der Waals surface area contributed by atoms with Crippen LogP contribution in [0.4, 0.5) is 4.79 Å². The molecule has 5 nitrogen and oxygen atoms in total. The third-order valence-corrected chi connectivity index (χ3v) is 4.43. The largest absolute Gasteiger partial charge is 0.516 e. The van der Waals surface area contributed by atoms with E-state index in [0.29, 0.717) is 4.88 Å². The van der Waals surface area contributed by atoms with Gasteiger partial charge in [0.25, 0.3) is 0 Å². The first-order valence-electron chi connectivity index (χ1n) is 7.69. The Morgan fingerprint density at radius 2 is 1.96 bits per heavy atom. The van der Waals surface area contributed by atoms with Gasteiger partial charge in [-0.2, -0.15) is 5.26 Å². The summed E-state index contributed by atoms with van der Waals surface area (Å²) in [5.74, 6) is -0.394. The summed E-state index contributed by atoms with van der Waals surface area (Å²) in [7, 11) is 0. The van der Waals surface area contributed by atoms with Crippen molar-refractivity contribution >= 4 is 33.5 Å². The van der Waals surface area contributed by atoms with Crippen LogP contribution in [0.1, 0.15) is 54.4 Å². The first-order chi connectivity index (χ1) is 11.3. The highest BCUT2D eigenvalue weighted by Crippen LogP contribution is 2.36. The number of benzene rings is 1. The minimum atomic E-state index is -0.999. The molecular weight excluding hydrogens is 326 g/mol. The van der Waals surface area contributed by atoms with Crippen LogP contribution < -0.4 is 0 Å². The number of thiophene rings is 1. The molecule has 1 heterocycles. The average Bonchev–Trinajstić information content (AvgIpc) is 2.90. The van der Waals surface area contributed by atoms with E-state index >= 15 is 0 Å². The molecule has 1 aromatic carbocycles. The van der Waals surface area contributed by atoms with Gasteiger partial charge in [0.2, 0.25) is 0 Å². The Morgan fingerprint density at radius 3 is 2.54 bits per heavy atom. The molecule has 6 heteroatoms. The van der Waals surface area contributed by atoms with Gasteiger partial charge in [-0.25, -0.2) is 9.59 Å². The van der Waals surface area contributed by atoms with Crippen LogP contribution in [-0.4, -0.2) is 18.7 Å².